The van der Waals surface area contributed by atoms with E-state index in [9.17, 15) is 9.59 Å². The van der Waals surface area contributed by atoms with Crippen LogP contribution in [0.5, 0.6) is 0 Å². The molecule has 0 bridgehead atoms. The molecule has 6 nitrogen and oxygen atoms in total. The summed E-state index contributed by atoms with van der Waals surface area (Å²) in [6, 6.07) is 1.29. The molecule has 0 spiro atoms. The van der Waals surface area contributed by atoms with E-state index in [1.807, 2.05) is 0 Å². The minimum absolute atomic E-state index is 0.0600. The van der Waals surface area contributed by atoms with E-state index in [4.69, 9.17) is 17.0 Å². The van der Waals surface area contributed by atoms with Crippen LogP contribution in [0.25, 0.3) is 0 Å². The maximum absolute atomic E-state index is 12.2. The third-order valence-electron chi connectivity index (χ3n) is 3.08. The van der Waals surface area contributed by atoms with Gasteiger partial charge in [-0.2, -0.15) is 0 Å². The number of carbonyl (C=O) groups excluding carboxylic acids is 1. The number of rotatable bonds is 7. The molecule has 0 radical (unpaired) electrons. The van der Waals surface area contributed by atoms with Crippen LogP contribution in [0, 0.1) is 5.41 Å². The lowest BCUT2D eigenvalue weighted by Gasteiger charge is -2.11. The molecule has 0 saturated carbocycles. The van der Waals surface area contributed by atoms with Gasteiger partial charge in [0.25, 0.3) is 11.5 Å². The average molecular weight is 347 g/mol. The minimum atomic E-state index is -0.458. The van der Waals surface area contributed by atoms with Gasteiger partial charge in [0.15, 0.2) is 0 Å². The van der Waals surface area contributed by atoms with Crippen LogP contribution in [0.2, 0.25) is 5.02 Å². The summed E-state index contributed by atoms with van der Waals surface area (Å²) in [4.78, 5) is 29.6. The van der Waals surface area contributed by atoms with Crippen molar-refractivity contribution in [2.75, 3.05) is 13.6 Å². The quantitative estimate of drug-likeness (QED) is 0.522. The lowest BCUT2D eigenvalue weighted by Crippen LogP contribution is -2.28. The van der Waals surface area contributed by atoms with E-state index in [1.54, 1.807) is 38.4 Å². The van der Waals surface area contributed by atoms with Crippen LogP contribution < -0.4 is 10.9 Å². The first-order valence-corrected chi connectivity index (χ1v) is 7.44. The molecule has 7 heteroatoms. The Balaban J connectivity index is 2.98. The van der Waals surface area contributed by atoms with E-state index in [-0.39, 0.29) is 17.1 Å². The summed E-state index contributed by atoms with van der Waals surface area (Å²) in [7, 11) is 1.65. The van der Waals surface area contributed by atoms with E-state index in [2.05, 4.69) is 21.9 Å². The second-order valence-electron chi connectivity index (χ2n) is 4.78. The Morgan fingerprint density at radius 2 is 2.25 bits per heavy atom. The fourth-order valence-corrected chi connectivity index (χ4v) is 2.01. The zero-order valence-electron chi connectivity index (χ0n) is 13.5. The number of pyridine rings is 1. The lowest BCUT2D eigenvalue weighted by atomic mass is 10.0. The van der Waals surface area contributed by atoms with Crippen LogP contribution >= 0.6 is 11.6 Å². The second-order valence-corrected chi connectivity index (χ2v) is 5.18. The molecule has 1 amide bonds. The number of halogens is 1. The number of hydrogen-bond acceptors (Lipinski definition) is 4. The molecule has 0 aliphatic rings. The molecule has 0 aliphatic heterocycles. The van der Waals surface area contributed by atoms with Gasteiger partial charge in [0.2, 0.25) is 0 Å². The highest BCUT2D eigenvalue weighted by Gasteiger charge is 2.11. The largest absolute Gasteiger partial charge is 0.348 e. The van der Waals surface area contributed by atoms with Gasteiger partial charge in [-0.3, -0.25) is 14.6 Å². The van der Waals surface area contributed by atoms with Gasteiger partial charge in [-0.25, -0.2) is 0 Å². The lowest BCUT2D eigenvalue weighted by molar-refractivity contribution is 0.0957. The van der Waals surface area contributed by atoms with Crippen molar-refractivity contribution in [1.82, 2.24) is 10.3 Å². The molecule has 0 fully saturated rings. The van der Waals surface area contributed by atoms with Crippen molar-refractivity contribution >= 4 is 29.4 Å². The highest BCUT2D eigenvalue weighted by atomic mass is 35.5. The van der Waals surface area contributed by atoms with Crippen molar-refractivity contribution in [3.63, 3.8) is 0 Å². The topological polar surface area (TPSA) is 98.2 Å². The molecule has 0 aromatic carbocycles. The van der Waals surface area contributed by atoms with Gasteiger partial charge in [-0.15, -0.1) is 0 Å². The zero-order valence-corrected chi connectivity index (χ0v) is 14.3. The minimum Gasteiger partial charge on any atom is -0.348 e. The number of aromatic amines is 1. The Hall–Kier alpha value is -2.73. The highest BCUT2D eigenvalue weighted by Crippen LogP contribution is 2.10. The molecule has 0 unspecified atom stereocenters. The molecular formula is C17H19ClN4O2. The Labute approximate surface area is 145 Å². The highest BCUT2D eigenvalue weighted by molar-refractivity contribution is 6.30. The Morgan fingerprint density at radius 3 is 2.79 bits per heavy atom. The number of carbonyl (C=O) groups is 1. The summed E-state index contributed by atoms with van der Waals surface area (Å²) < 4.78 is 0. The first-order valence-electron chi connectivity index (χ1n) is 7.07. The van der Waals surface area contributed by atoms with Crippen LogP contribution in [-0.2, 0) is 0 Å². The number of H-pyrrole nitrogens is 1. The smallest absolute Gasteiger partial charge is 0.266 e. The zero-order chi connectivity index (χ0) is 18.1. The van der Waals surface area contributed by atoms with Crippen LogP contribution in [0.1, 0.15) is 17.3 Å². The summed E-state index contributed by atoms with van der Waals surface area (Å²) in [6.45, 7) is 5.50. The molecule has 1 rings (SSSR count). The van der Waals surface area contributed by atoms with Gasteiger partial charge < -0.3 is 15.7 Å². The van der Waals surface area contributed by atoms with E-state index in [0.717, 1.165) is 0 Å². The van der Waals surface area contributed by atoms with E-state index >= 15 is 0 Å². The Morgan fingerprint density at radius 1 is 1.54 bits per heavy atom. The second kappa shape index (κ2) is 9.42. The van der Waals surface area contributed by atoms with Crippen LogP contribution in [0.15, 0.2) is 58.0 Å². The summed E-state index contributed by atoms with van der Waals surface area (Å²) in [5.74, 6) is -0.408. The van der Waals surface area contributed by atoms with Crippen LogP contribution in [0.3, 0.4) is 0 Å². The molecule has 0 saturated heterocycles. The predicted octanol–water partition coefficient (Wildman–Crippen LogP) is 2.54. The summed E-state index contributed by atoms with van der Waals surface area (Å²) in [5, 5.41) is 10.5. The van der Waals surface area contributed by atoms with E-state index in [1.165, 1.54) is 12.3 Å². The molecule has 24 heavy (non-hydrogen) atoms. The standard InChI is InChI=1S/C17H19ClN4O2/c1-4-12(6-5-7-20-3)14(11(2)19)10-22-16(23)13-8-15(18)17(24)21-9-13/h4-9,19H,1,10H2,2-3H3,(H,21,24)(H,22,23)/b6-5-,14-12+,19-11?,20-7?. The maximum atomic E-state index is 12.2. The number of aromatic nitrogens is 1. The first kappa shape index (κ1) is 19.3. The van der Waals surface area contributed by atoms with Crippen LogP contribution in [-0.4, -0.2) is 36.4 Å². The van der Waals surface area contributed by atoms with Crippen LogP contribution in [0.4, 0.5) is 0 Å². The molecular weight excluding hydrogens is 328 g/mol. The van der Waals surface area contributed by atoms with Crippen molar-refractivity contribution in [3.8, 4) is 0 Å². The van der Waals surface area contributed by atoms with Crippen molar-refractivity contribution in [1.29, 1.82) is 5.41 Å². The van der Waals surface area contributed by atoms with Gasteiger partial charge in [0.05, 0.1) is 5.56 Å². The number of amides is 1. The summed E-state index contributed by atoms with van der Waals surface area (Å²) in [5.41, 5.74) is 1.41. The average Bonchev–Trinajstić information content (AvgIpc) is 2.55. The normalized spacial score (nSPS) is 12.3. The van der Waals surface area contributed by atoms with Gasteiger partial charge in [0.1, 0.15) is 5.02 Å². The van der Waals surface area contributed by atoms with Gasteiger partial charge in [-0.05, 0) is 30.2 Å². The number of hydrogen-bond donors (Lipinski definition) is 3. The maximum Gasteiger partial charge on any atom is 0.266 e. The molecule has 1 aromatic rings. The summed E-state index contributed by atoms with van der Waals surface area (Å²) >= 11 is 5.71. The third kappa shape index (κ3) is 5.48. The van der Waals surface area contributed by atoms with Gasteiger partial charge in [0, 0.05) is 31.7 Å². The van der Waals surface area contributed by atoms with Gasteiger partial charge >= 0.3 is 0 Å². The molecule has 3 N–H and O–H groups in total. The third-order valence-corrected chi connectivity index (χ3v) is 3.36. The number of aliphatic imine (C=N–C) groups is 1. The van der Waals surface area contributed by atoms with E-state index in [0.29, 0.717) is 16.9 Å². The Bertz CT molecular complexity index is 788. The molecule has 0 aliphatic carbocycles. The van der Waals surface area contributed by atoms with E-state index < -0.39 is 11.5 Å². The van der Waals surface area contributed by atoms with Crippen molar-refractivity contribution in [2.24, 2.45) is 4.99 Å². The molecule has 1 heterocycles. The summed E-state index contributed by atoms with van der Waals surface area (Å²) in [6.07, 6.45) is 7.99. The monoisotopic (exact) mass is 346 g/mol. The molecule has 0 atom stereocenters. The van der Waals surface area contributed by atoms with Crippen molar-refractivity contribution in [2.45, 2.75) is 6.92 Å². The molecule has 126 valence electrons. The number of nitrogens with zero attached hydrogens (tertiary/aromatic N) is 1. The van der Waals surface area contributed by atoms with Gasteiger partial charge in [-0.1, -0.05) is 30.3 Å². The van der Waals surface area contributed by atoms with Crippen molar-refractivity contribution < 1.29 is 4.79 Å². The van der Waals surface area contributed by atoms with Crippen molar-refractivity contribution in [3.05, 3.63) is 69.2 Å². The predicted molar refractivity (Wildman–Crippen MR) is 98.6 cm³/mol. The Kier molecular flexibility index (Phi) is 7.58. The number of allylic oxidation sites excluding steroid dienone is 4. The SMILES string of the molecule is C=CC(/C=C\C=NC)=C(/CNC(=O)c1c[nH]c(=O)c(Cl)c1)C(C)=N. The first-order chi connectivity index (χ1) is 11.4. The fraction of sp³-hybridized carbons (Fsp3) is 0.176. The number of nitrogens with one attached hydrogen (secondary N) is 3. The molecule has 1 aromatic heterocycles. The fourth-order valence-electron chi connectivity index (χ4n) is 1.83.